The molecule has 0 aliphatic carbocycles. The molecule has 3 aromatic carbocycles. The Hall–Kier alpha value is -6.56. The number of nitrogens with zero attached hydrogens (tertiary/aromatic N) is 8. The number of fused-ring (bicyclic) bond motifs is 5. The first-order valence-electron chi connectivity index (χ1n) is 27.3. The number of ether oxygens (including phenoxy) is 2. The van der Waals surface area contributed by atoms with Crippen LogP contribution in [0, 0.1) is 18.7 Å². The van der Waals surface area contributed by atoms with Gasteiger partial charge in [0.05, 0.1) is 34.6 Å². The minimum absolute atomic E-state index is 0.0302. The lowest BCUT2D eigenvalue weighted by molar-refractivity contribution is -0.141. The van der Waals surface area contributed by atoms with Gasteiger partial charge < -0.3 is 34.4 Å². The molecule has 0 radical (unpaired) electrons. The first-order chi connectivity index (χ1) is 37.0. The fourth-order valence-corrected chi connectivity index (χ4v) is 13.4. The maximum Gasteiger partial charge on any atom is 0.318 e. The second-order valence-electron chi connectivity index (χ2n) is 21.6. The molecule has 0 saturated carbocycles. The molecule has 2 bridgehead atoms. The number of aryl methyl sites for hydroxylation is 2. The number of amides is 2. The number of benzene rings is 3. The van der Waals surface area contributed by atoms with Crippen LogP contribution < -0.4 is 25.0 Å². The monoisotopic (exact) mass is 1050 g/mol. The van der Waals surface area contributed by atoms with Gasteiger partial charge in [0.25, 0.3) is 5.88 Å². The molecule has 17 heteroatoms. The van der Waals surface area contributed by atoms with E-state index in [0.29, 0.717) is 72.3 Å². The van der Waals surface area contributed by atoms with Crippen molar-refractivity contribution in [1.29, 1.82) is 0 Å². The second-order valence-corrected chi connectivity index (χ2v) is 22.5. The largest absolute Gasteiger partial charge is 0.474 e. The Labute approximate surface area is 448 Å². The lowest BCUT2D eigenvalue weighted by atomic mass is 9.91. The topological polar surface area (TPSA) is 164 Å². The SMILES string of the molecule is CCc1cccc2cccc(-c3ncc4c(N5CC6CCC(C5)N6)nc(OC)nc4c3F)c12.Cc1ncsc1-c1ccc(C(C)NC(=O)C2CCCN2C(=O)C(c2cc(OCC3CCC4CCCN43)no2)C(C)C)cc1. The van der Waals surface area contributed by atoms with E-state index in [1.54, 1.807) is 28.5 Å². The molecule has 15 nitrogen and oxygen atoms in total. The lowest BCUT2D eigenvalue weighted by Gasteiger charge is -2.34. The van der Waals surface area contributed by atoms with E-state index in [0.717, 1.165) is 89.8 Å². The number of carbonyl (C=O) groups is 2. The summed E-state index contributed by atoms with van der Waals surface area (Å²) in [5.74, 6) is 0.398. The molecular formula is C59H69FN10O5S. The fourth-order valence-electron chi connectivity index (χ4n) is 12.6. The third-order valence-corrected chi connectivity index (χ3v) is 17.5. The van der Waals surface area contributed by atoms with Crippen molar-refractivity contribution in [2.45, 2.75) is 135 Å². The van der Waals surface area contributed by atoms with Gasteiger partial charge in [0.2, 0.25) is 11.8 Å². The zero-order chi connectivity index (χ0) is 52.6. The third kappa shape index (κ3) is 10.2. The lowest BCUT2D eigenvalue weighted by Crippen LogP contribution is -2.51. The molecule has 5 fully saturated rings. The molecule has 398 valence electrons. The van der Waals surface area contributed by atoms with Gasteiger partial charge in [0.1, 0.15) is 35.6 Å². The van der Waals surface area contributed by atoms with E-state index in [9.17, 15) is 9.59 Å². The molecule has 5 aliphatic heterocycles. The molecular weight excluding hydrogens is 980 g/mol. The van der Waals surface area contributed by atoms with Crippen molar-refractivity contribution in [2.24, 2.45) is 5.92 Å². The highest BCUT2D eigenvalue weighted by molar-refractivity contribution is 7.13. The molecule has 7 aromatic rings. The van der Waals surface area contributed by atoms with Crippen LogP contribution in [0.4, 0.5) is 10.2 Å². The van der Waals surface area contributed by atoms with Gasteiger partial charge in [-0.1, -0.05) is 81.4 Å². The minimum Gasteiger partial charge on any atom is -0.474 e. The van der Waals surface area contributed by atoms with Crippen LogP contribution in [0.1, 0.15) is 114 Å². The summed E-state index contributed by atoms with van der Waals surface area (Å²) in [4.78, 5) is 53.1. The van der Waals surface area contributed by atoms with E-state index in [2.05, 4.69) is 82.8 Å². The zero-order valence-corrected chi connectivity index (χ0v) is 45.2. The number of hydrogen-bond acceptors (Lipinski definition) is 14. The number of aromatic nitrogens is 5. The molecule has 2 amide bonds. The Morgan fingerprint density at radius 2 is 1.71 bits per heavy atom. The Balaban J connectivity index is 0.000000168. The molecule has 76 heavy (non-hydrogen) atoms. The molecule has 12 rings (SSSR count). The Morgan fingerprint density at radius 1 is 0.934 bits per heavy atom. The van der Waals surface area contributed by atoms with E-state index in [1.165, 1.54) is 31.9 Å². The molecule has 0 spiro atoms. The fraction of sp³-hybridized carbons (Fsp3) is 0.475. The van der Waals surface area contributed by atoms with Crippen molar-refractivity contribution in [3.05, 3.63) is 107 Å². The summed E-state index contributed by atoms with van der Waals surface area (Å²) in [6, 6.07) is 23.6. The quantitative estimate of drug-likeness (QED) is 0.106. The van der Waals surface area contributed by atoms with Crippen LogP contribution in [0.3, 0.4) is 0 Å². The van der Waals surface area contributed by atoms with Crippen molar-refractivity contribution in [3.8, 4) is 33.6 Å². The van der Waals surface area contributed by atoms with Crippen LogP contribution in [0.25, 0.3) is 43.4 Å². The highest BCUT2D eigenvalue weighted by atomic mass is 32.1. The van der Waals surface area contributed by atoms with Gasteiger partial charge in [0, 0.05) is 61.6 Å². The molecule has 2 N–H and O–H groups in total. The Kier molecular flexibility index (Phi) is 15.0. The number of pyridine rings is 1. The summed E-state index contributed by atoms with van der Waals surface area (Å²) < 4.78 is 33.2. The summed E-state index contributed by atoms with van der Waals surface area (Å²) in [5.41, 5.74) is 7.51. The number of piperazine rings is 1. The van der Waals surface area contributed by atoms with Gasteiger partial charge in [-0.3, -0.25) is 19.5 Å². The number of nitrogens with one attached hydrogen (secondary N) is 2. The number of likely N-dealkylation sites (tertiary alicyclic amines) is 1. The number of methoxy groups -OCH3 is 1. The number of carbonyl (C=O) groups excluding carboxylic acids is 2. The minimum atomic E-state index is -0.534. The van der Waals surface area contributed by atoms with E-state index < -0.39 is 17.8 Å². The predicted molar refractivity (Wildman–Crippen MR) is 294 cm³/mol. The number of anilines is 1. The highest BCUT2D eigenvalue weighted by Gasteiger charge is 2.42. The van der Waals surface area contributed by atoms with Crippen LogP contribution in [-0.4, -0.2) is 117 Å². The number of halogens is 1. The maximum atomic E-state index is 16.1. The van der Waals surface area contributed by atoms with Gasteiger partial charge in [0.15, 0.2) is 11.6 Å². The molecule has 7 unspecified atom stereocenters. The Morgan fingerprint density at radius 3 is 2.45 bits per heavy atom. The van der Waals surface area contributed by atoms with Crippen LogP contribution >= 0.6 is 11.3 Å². The summed E-state index contributed by atoms with van der Waals surface area (Å²) in [6.45, 7) is 14.1. The normalized spacial score (nSPS) is 22.0. The molecule has 5 aliphatic rings. The van der Waals surface area contributed by atoms with E-state index in [1.807, 2.05) is 63.5 Å². The van der Waals surface area contributed by atoms with Gasteiger partial charge in [-0.15, -0.1) is 11.3 Å². The number of rotatable bonds is 14. The number of hydrogen-bond donors (Lipinski definition) is 2. The summed E-state index contributed by atoms with van der Waals surface area (Å²) in [6.07, 6.45) is 11.3. The second kappa shape index (κ2) is 22.2. The van der Waals surface area contributed by atoms with E-state index in [-0.39, 0.29) is 35.3 Å². The smallest absolute Gasteiger partial charge is 0.318 e. The molecule has 5 saturated heterocycles. The molecule has 4 aromatic heterocycles. The van der Waals surface area contributed by atoms with Gasteiger partial charge in [-0.2, -0.15) is 9.97 Å². The predicted octanol–water partition coefficient (Wildman–Crippen LogP) is 10.2. The maximum absolute atomic E-state index is 16.1. The van der Waals surface area contributed by atoms with Crippen LogP contribution in [0.15, 0.2) is 83.0 Å². The molecule has 7 atom stereocenters. The average molecular weight is 1050 g/mol. The van der Waals surface area contributed by atoms with Gasteiger partial charge in [-0.25, -0.2) is 9.37 Å². The third-order valence-electron chi connectivity index (χ3n) is 16.5. The van der Waals surface area contributed by atoms with Crippen molar-refractivity contribution >= 4 is 50.6 Å². The van der Waals surface area contributed by atoms with E-state index in [4.69, 9.17) is 14.0 Å². The van der Waals surface area contributed by atoms with Crippen LogP contribution in [-0.2, 0) is 16.0 Å². The van der Waals surface area contributed by atoms with Crippen molar-refractivity contribution < 1.29 is 28.0 Å². The van der Waals surface area contributed by atoms with Gasteiger partial charge >= 0.3 is 6.01 Å². The summed E-state index contributed by atoms with van der Waals surface area (Å²) in [7, 11) is 1.52. The molecule has 9 heterocycles. The average Bonchev–Trinajstić information content (AvgIpc) is 4.33. The van der Waals surface area contributed by atoms with Crippen molar-refractivity contribution in [1.82, 2.24) is 45.5 Å². The van der Waals surface area contributed by atoms with Crippen molar-refractivity contribution in [3.63, 3.8) is 0 Å². The number of thiazole rings is 1. The van der Waals surface area contributed by atoms with Gasteiger partial charge in [-0.05, 0) is 117 Å². The van der Waals surface area contributed by atoms with Crippen LogP contribution in [0.5, 0.6) is 11.9 Å². The summed E-state index contributed by atoms with van der Waals surface area (Å²) in [5, 5.41) is 13.7. The van der Waals surface area contributed by atoms with Crippen LogP contribution in [0.2, 0.25) is 0 Å². The van der Waals surface area contributed by atoms with E-state index >= 15 is 4.39 Å². The summed E-state index contributed by atoms with van der Waals surface area (Å²) >= 11 is 1.62. The standard InChI is InChI=1S/C33H43N5O4S.C26H26FN5O/c1-20(2)30(28-17-29(36-42-28)41-18-26-14-13-25-7-5-15-37(25)26)33(40)38-16-6-8-27(38)32(39)35-21(3)23-9-11-24(12-10-23)31-22(4)34-19-43-31;1-3-15-6-4-7-16-8-5-9-19(21(15)16)23-22(27)24-20(12-28-23)25(31-26(30-24)33-2)32-13-17-10-11-18(14-32)29-17/h9-12,17,19-21,25-27,30H,5-8,13-16,18H2,1-4H3,(H,35,39);4-9,12,17-18,29H,3,10-11,13-14H2,1-2H3. The zero-order valence-electron chi connectivity index (χ0n) is 44.4. The van der Waals surface area contributed by atoms with Crippen molar-refractivity contribution in [2.75, 3.05) is 44.8 Å². The first-order valence-corrected chi connectivity index (χ1v) is 28.2. The first kappa shape index (κ1) is 51.5. The Bertz CT molecular complexity index is 3200. The highest BCUT2D eigenvalue weighted by Crippen LogP contribution is 2.39.